The average Bonchev–Trinajstić information content (AvgIpc) is 2.97. The molecule has 0 aliphatic carbocycles. The van der Waals surface area contributed by atoms with Gasteiger partial charge in [-0.15, -0.1) is 0 Å². The fourth-order valence-corrected chi connectivity index (χ4v) is 4.50. The third-order valence-electron chi connectivity index (χ3n) is 6.26. The Morgan fingerprint density at radius 3 is 2.49 bits per heavy atom. The first-order valence-electron chi connectivity index (χ1n) is 12.9. The number of anilines is 1. The summed E-state index contributed by atoms with van der Waals surface area (Å²) in [7, 11) is 0. The first-order chi connectivity index (χ1) is 17.7. The molecule has 0 saturated carbocycles. The van der Waals surface area contributed by atoms with E-state index in [2.05, 4.69) is 15.6 Å². The SMILES string of the molecule is CCCCC(OC(C)=O)C(CC(C)C)C(=O)NC1N=C(Cc2ccc(F)cc2)c2ccccc2NC1=O. The van der Waals surface area contributed by atoms with E-state index in [-0.39, 0.29) is 17.6 Å². The van der Waals surface area contributed by atoms with Crippen LogP contribution in [0.1, 0.15) is 64.5 Å². The molecule has 3 atom stereocenters. The molecule has 1 aliphatic rings. The number of amides is 2. The van der Waals surface area contributed by atoms with Crippen LogP contribution in [0.15, 0.2) is 53.5 Å². The van der Waals surface area contributed by atoms with Gasteiger partial charge < -0.3 is 15.4 Å². The average molecular weight is 510 g/mol. The van der Waals surface area contributed by atoms with Gasteiger partial charge in [-0.1, -0.05) is 63.9 Å². The first kappa shape index (κ1) is 28.0. The molecule has 7 nitrogen and oxygen atoms in total. The number of halogens is 1. The van der Waals surface area contributed by atoms with Crippen LogP contribution in [0.5, 0.6) is 0 Å². The van der Waals surface area contributed by atoms with Gasteiger partial charge in [0.1, 0.15) is 11.9 Å². The largest absolute Gasteiger partial charge is 0.462 e. The Bertz CT molecular complexity index is 1130. The van der Waals surface area contributed by atoms with Gasteiger partial charge >= 0.3 is 5.97 Å². The molecule has 3 unspecified atom stereocenters. The van der Waals surface area contributed by atoms with Gasteiger partial charge in [0.05, 0.1) is 11.6 Å². The molecule has 0 saturated heterocycles. The minimum absolute atomic E-state index is 0.167. The Morgan fingerprint density at radius 1 is 1.14 bits per heavy atom. The van der Waals surface area contributed by atoms with Crippen molar-refractivity contribution in [3.05, 3.63) is 65.5 Å². The number of rotatable bonds is 11. The van der Waals surface area contributed by atoms with Crippen LogP contribution in [0.25, 0.3) is 0 Å². The van der Waals surface area contributed by atoms with Crippen LogP contribution in [-0.2, 0) is 25.5 Å². The monoisotopic (exact) mass is 509 g/mol. The van der Waals surface area contributed by atoms with E-state index in [1.165, 1.54) is 19.1 Å². The van der Waals surface area contributed by atoms with Crippen LogP contribution in [0.3, 0.4) is 0 Å². The van der Waals surface area contributed by atoms with Crippen molar-refractivity contribution in [2.45, 2.75) is 72.1 Å². The molecule has 2 amide bonds. The Labute approximate surface area is 217 Å². The first-order valence-corrected chi connectivity index (χ1v) is 12.9. The standard InChI is InChI=1S/C29H36FN3O4/c1-5-6-11-26(37-19(4)34)23(16-18(2)3)28(35)33-27-29(36)32-24-10-8-7-9-22(24)25(31-27)17-20-12-14-21(30)15-13-20/h7-10,12-15,18,23,26-27H,5-6,11,16-17H2,1-4H3,(H,32,36)(H,33,35). The van der Waals surface area contributed by atoms with Gasteiger partial charge in [0.2, 0.25) is 12.1 Å². The number of nitrogens with zero attached hydrogens (tertiary/aromatic N) is 1. The summed E-state index contributed by atoms with van der Waals surface area (Å²) in [6, 6.07) is 13.4. The van der Waals surface area contributed by atoms with Crippen molar-refractivity contribution >= 4 is 29.2 Å². The topological polar surface area (TPSA) is 96.9 Å². The zero-order valence-electron chi connectivity index (χ0n) is 21.9. The number of unbranched alkanes of at least 4 members (excludes halogenated alkanes) is 1. The number of carbonyl (C=O) groups is 3. The molecular formula is C29H36FN3O4. The molecule has 198 valence electrons. The number of esters is 1. The lowest BCUT2D eigenvalue weighted by atomic mass is 9.88. The second-order valence-electron chi connectivity index (χ2n) is 9.85. The number of nitrogens with one attached hydrogen (secondary N) is 2. The number of ether oxygens (including phenoxy) is 1. The van der Waals surface area contributed by atoms with E-state index in [0.29, 0.717) is 30.7 Å². The number of benzene rings is 2. The minimum Gasteiger partial charge on any atom is -0.462 e. The highest BCUT2D eigenvalue weighted by Crippen LogP contribution is 2.25. The third kappa shape index (κ3) is 7.97. The molecule has 0 fully saturated rings. The molecule has 0 radical (unpaired) electrons. The van der Waals surface area contributed by atoms with E-state index in [1.54, 1.807) is 18.2 Å². The summed E-state index contributed by atoms with van der Waals surface area (Å²) >= 11 is 0. The molecule has 2 aromatic rings. The predicted octanol–water partition coefficient (Wildman–Crippen LogP) is 5.04. The van der Waals surface area contributed by atoms with Gasteiger partial charge in [-0.3, -0.25) is 19.4 Å². The highest BCUT2D eigenvalue weighted by atomic mass is 19.1. The molecule has 1 aliphatic heterocycles. The smallest absolute Gasteiger partial charge is 0.302 e. The number of aliphatic imine (C=N–C) groups is 1. The van der Waals surface area contributed by atoms with E-state index in [4.69, 9.17) is 4.74 Å². The van der Waals surface area contributed by atoms with Gasteiger partial charge in [0.25, 0.3) is 5.91 Å². The van der Waals surface area contributed by atoms with Crippen molar-refractivity contribution in [2.24, 2.45) is 16.8 Å². The number of hydrogen-bond acceptors (Lipinski definition) is 5. The van der Waals surface area contributed by atoms with Crippen LogP contribution in [-0.4, -0.2) is 35.8 Å². The van der Waals surface area contributed by atoms with E-state index in [1.807, 2.05) is 39.0 Å². The fourth-order valence-electron chi connectivity index (χ4n) is 4.50. The normalized spacial score (nSPS) is 16.6. The van der Waals surface area contributed by atoms with Crippen molar-refractivity contribution in [2.75, 3.05) is 5.32 Å². The predicted molar refractivity (Wildman–Crippen MR) is 142 cm³/mol. The minimum atomic E-state index is -1.17. The van der Waals surface area contributed by atoms with Crippen molar-refractivity contribution in [1.29, 1.82) is 0 Å². The number of benzodiazepines with no additional fused rings is 1. The summed E-state index contributed by atoms with van der Waals surface area (Å²) in [5, 5.41) is 5.68. The Balaban J connectivity index is 1.92. The van der Waals surface area contributed by atoms with Gasteiger partial charge in [-0.2, -0.15) is 0 Å². The lowest BCUT2D eigenvalue weighted by molar-refractivity contribution is -0.153. The van der Waals surface area contributed by atoms with Crippen molar-refractivity contribution in [3.63, 3.8) is 0 Å². The number of hydrogen-bond donors (Lipinski definition) is 2. The summed E-state index contributed by atoms with van der Waals surface area (Å²) in [6.07, 6.45) is 1.34. The zero-order valence-corrected chi connectivity index (χ0v) is 21.9. The Kier molecular flexibility index (Phi) is 9.94. The quantitative estimate of drug-likeness (QED) is 0.415. The summed E-state index contributed by atoms with van der Waals surface area (Å²) in [6.45, 7) is 7.37. The highest BCUT2D eigenvalue weighted by Gasteiger charge is 2.34. The van der Waals surface area contributed by atoms with Crippen LogP contribution < -0.4 is 10.6 Å². The van der Waals surface area contributed by atoms with E-state index >= 15 is 0 Å². The van der Waals surface area contributed by atoms with Crippen molar-refractivity contribution < 1.29 is 23.5 Å². The Morgan fingerprint density at radius 2 is 1.84 bits per heavy atom. The van der Waals surface area contributed by atoms with Gasteiger partial charge in [-0.25, -0.2) is 4.39 Å². The van der Waals surface area contributed by atoms with E-state index in [0.717, 1.165) is 24.0 Å². The second kappa shape index (κ2) is 13.1. The molecule has 0 bridgehead atoms. The summed E-state index contributed by atoms with van der Waals surface area (Å²) in [5.74, 6) is -2.08. The molecule has 3 rings (SSSR count). The van der Waals surface area contributed by atoms with Gasteiger partial charge in [-0.05, 0) is 42.5 Å². The highest BCUT2D eigenvalue weighted by molar-refractivity contribution is 6.13. The molecule has 1 heterocycles. The van der Waals surface area contributed by atoms with Crippen molar-refractivity contribution in [1.82, 2.24) is 5.32 Å². The Hall–Kier alpha value is -3.55. The van der Waals surface area contributed by atoms with Crippen LogP contribution in [0, 0.1) is 17.7 Å². The van der Waals surface area contributed by atoms with Crippen LogP contribution >= 0.6 is 0 Å². The summed E-state index contributed by atoms with van der Waals surface area (Å²) in [4.78, 5) is 43.2. The van der Waals surface area contributed by atoms with E-state index in [9.17, 15) is 18.8 Å². The molecule has 0 aromatic heterocycles. The van der Waals surface area contributed by atoms with Crippen LogP contribution in [0.4, 0.5) is 10.1 Å². The summed E-state index contributed by atoms with van der Waals surface area (Å²) in [5.41, 5.74) is 2.73. The summed E-state index contributed by atoms with van der Waals surface area (Å²) < 4.78 is 19.0. The molecule has 8 heteroatoms. The molecule has 2 aromatic carbocycles. The number of fused-ring (bicyclic) bond motifs is 1. The maximum atomic E-state index is 13.6. The van der Waals surface area contributed by atoms with Gasteiger partial charge in [0.15, 0.2) is 0 Å². The third-order valence-corrected chi connectivity index (χ3v) is 6.26. The molecule has 0 spiro atoms. The maximum Gasteiger partial charge on any atom is 0.302 e. The lowest BCUT2D eigenvalue weighted by Gasteiger charge is -2.28. The van der Waals surface area contributed by atoms with Gasteiger partial charge in [0, 0.05) is 24.6 Å². The van der Waals surface area contributed by atoms with Crippen molar-refractivity contribution in [3.8, 4) is 0 Å². The fraction of sp³-hybridized carbons (Fsp3) is 0.448. The number of carbonyl (C=O) groups excluding carboxylic acids is 3. The molecule has 37 heavy (non-hydrogen) atoms. The zero-order chi connectivity index (χ0) is 26.9. The maximum absolute atomic E-state index is 13.6. The van der Waals surface area contributed by atoms with E-state index < -0.39 is 30.1 Å². The molecular weight excluding hydrogens is 473 g/mol. The van der Waals surface area contributed by atoms with Crippen LogP contribution in [0.2, 0.25) is 0 Å². The second-order valence-corrected chi connectivity index (χ2v) is 9.85. The lowest BCUT2D eigenvalue weighted by Crippen LogP contribution is -2.48. The number of para-hydroxylation sites is 1. The molecule has 2 N–H and O–H groups in total.